The van der Waals surface area contributed by atoms with E-state index >= 15 is 0 Å². The number of esters is 1. The first kappa shape index (κ1) is 14.8. The summed E-state index contributed by atoms with van der Waals surface area (Å²) in [7, 11) is 2.19. The molecule has 1 heterocycles. The van der Waals surface area contributed by atoms with Crippen LogP contribution in [0.4, 0.5) is 13.2 Å². The number of carbonyl (C=O) groups is 1. The Morgan fingerprint density at radius 2 is 2.00 bits per heavy atom. The van der Waals surface area contributed by atoms with Gasteiger partial charge in [-0.05, 0) is 28.7 Å². The molecule has 0 N–H and O–H groups in total. The molecule has 18 heavy (non-hydrogen) atoms. The van der Waals surface area contributed by atoms with Crippen LogP contribution in [0.25, 0.3) is 0 Å². The first-order valence-corrected chi connectivity index (χ1v) is 5.45. The number of aromatic nitrogens is 1. The number of nitrogens with zero attached hydrogens (tertiary/aromatic N) is 1. The van der Waals surface area contributed by atoms with E-state index in [-0.39, 0.29) is 9.26 Å². The first-order valence-electron chi connectivity index (χ1n) is 4.37. The lowest BCUT2D eigenvalue weighted by molar-refractivity contribution is -0.276. The molecule has 0 amide bonds. The summed E-state index contributed by atoms with van der Waals surface area (Å²) >= 11 is 1.64. The number of hydrogen-bond acceptors (Lipinski definition) is 5. The minimum atomic E-state index is -4.93. The van der Waals surface area contributed by atoms with Crippen molar-refractivity contribution in [3.05, 3.63) is 15.3 Å². The molecule has 0 aliphatic heterocycles. The van der Waals surface area contributed by atoms with Gasteiger partial charge in [0.1, 0.15) is 9.26 Å². The summed E-state index contributed by atoms with van der Waals surface area (Å²) in [6, 6.07) is 1.23. The Hall–Kier alpha value is -1.26. The topological polar surface area (TPSA) is 57.7 Å². The van der Waals surface area contributed by atoms with Gasteiger partial charge in [0, 0.05) is 0 Å². The molecular formula is C9H7F3INO4. The van der Waals surface area contributed by atoms with Crippen molar-refractivity contribution in [3.8, 4) is 11.6 Å². The minimum Gasteiger partial charge on any atom is -0.491 e. The van der Waals surface area contributed by atoms with Gasteiger partial charge >= 0.3 is 12.3 Å². The fourth-order valence-corrected chi connectivity index (χ4v) is 1.65. The first-order chi connectivity index (χ1) is 8.28. The zero-order chi connectivity index (χ0) is 13.9. The van der Waals surface area contributed by atoms with Gasteiger partial charge in [-0.2, -0.15) is 0 Å². The summed E-state index contributed by atoms with van der Waals surface area (Å²) in [5.74, 6) is -2.11. The van der Waals surface area contributed by atoms with Crippen LogP contribution in [0.15, 0.2) is 6.07 Å². The third kappa shape index (κ3) is 3.62. The third-order valence-corrected chi connectivity index (χ3v) is 2.29. The van der Waals surface area contributed by atoms with E-state index in [2.05, 4.69) is 14.5 Å². The lowest BCUT2D eigenvalue weighted by Gasteiger charge is -2.14. The maximum atomic E-state index is 12.2. The Morgan fingerprint density at radius 3 is 2.44 bits per heavy atom. The molecule has 0 fully saturated rings. The normalized spacial score (nSPS) is 11.0. The number of hydrogen-bond donors (Lipinski definition) is 0. The van der Waals surface area contributed by atoms with Gasteiger partial charge in [0.25, 0.3) is 5.88 Å². The summed E-state index contributed by atoms with van der Waals surface area (Å²) < 4.78 is 49.5. The van der Waals surface area contributed by atoms with Crippen molar-refractivity contribution in [2.24, 2.45) is 0 Å². The van der Waals surface area contributed by atoms with Gasteiger partial charge in [0.15, 0.2) is 5.75 Å². The van der Waals surface area contributed by atoms with Crippen molar-refractivity contribution < 1.29 is 32.2 Å². The van der Waals surface area contributed by atoms with Crippen LogP contribution in [0.1, 0.15) is 10.4 Å². The van der Waals surface area contributed by atoms with Crippen LogP contribution in [-0.4, -0.2) is 31.5 Å². The van der Waals surface area contributed by atoms with Gasteiger partial charge in [-0.3, -0.25) is 0 Å². The highest BCUT2D eigenvalue weighted by molar-refractivity contribution is 14.1. The summed E-state index contributed by atoms with van der Waals surface area (Å²) in [6.07, 6.45) is -4.93. The van der Waals surface area contributed by atoms with Crippen LogP contribution in [0.2, 0.25) is 0 Å². The molecule has 0 spiro atoms. The molecule has 0 aliphatic carbocycles. The highest BCUT2D eigenvalue weighted by atomic mass is 127. The molecule has 0 bridgehead atoms. The van der Waals surface area contributed by atoms with E-state index < -0.39 is 24.0 Å². The van der Waals surface area contributed by atoms with E-state index in [1.165, 1.54) is 6.07 Å². The highest BCUT2D eigenvalue weighted by Gasteiger charge is 2.35. The number of pyridine rings is 1. The maximum Gasteiger partial charge on any atom is 0.574 e. The molecule has 5 nitrogen and oxygen atoms in total. The van der Waals surface area contributed by atoms with E-state index in [9.17, 15) is 18.0 Å². The molecule has 1 aromatic heterocycles. The van der Waals surface area contributed by atoms with Crippen molar-refractivity contribution in [1.29, 1.82) is 0 Å². The fraction of sp³-hybridized carbons (Fsp3) is 0.333. The van der Waals surface area contributed by atoms with Crippen LogP contribution in [0.3, 0.4) is 0 Å². The molecule has 1 aromatic rings. The largest absolute Gasteiger partial charge is 0.574 e. The molecule has 9 heteroatoms. The average molecular weight is 377 g/mol. The average Bonchev–Trinajstić information content (AvgIpc) is 2.25. The van der Waals surface area contributed by atoms with E-state index in [4.69, 9.17) is 4.74 Å². The third-order valence-electron chi connectivity index (χ3n) is 1.73. The zero-order valence-corrected chi connectivity index (χ0v) is 11.3. The van der Waals surface area contributed by atoms with Crippen molar-refractivity contribution in [2.75, 3.05) is 14.2 Å². The van der Waals surface area contributed by atoms with Crippen molar-refractivity contribution in [1.82, 2.24) is 4.98 Å². The van der Waals surface area contributed by atoms with Crippen LogP contribution >= 0.6 is 22.6 Å². The number of carbonyl (C=O) groups excluding carboxylic acids is 1. The van der Waals surface area contributed by atoms with Crippen LogP contribution in [0.5, 0.6) is 11.6 Å². The predicted molar refractivity (Wildman–Crippen MR) is 61.5 cm³/mol. The molecule has 0 radical (unpaired) electrons. The number of ether oxygens (including phenoxy) is 3. The smallest absolute Gasteiger partial charge is 0.491 e. The Labute approximate surface area is 113 Å². The van der Waals surface area contributed by atoms with Crippen LogP contribution in [0, 0.1) is 3.70 Å². The SMILES string of the molecule is COC(=O)c1cc(I)nc(OC(F)(F)F)c1OC. The molecule has 0 unspecified atom stereocenters. The summed E-state index contributed by atoms with van der Waals surface area (Å²) in [4.78, 5) is 14.9. The second-order valence-corrected chi connectivity index (χ2v) is 3.98. The van der Waals surface area contributed by atoms with Gasteiger partial charge in [-0.15, -0.1) is 13.2 Å². The number of alkyl halides is 3. The Bertz CT molecular complexity index is 464. The lowest BCUT2D eigenvalue weighted by Crippen LogP contribution is -2.19. The minimum absolute atomic E-state index is 0.132. The van der Waals surface area contributed by atoms with Crippen molar-refractivity contribution in [2.45, 2.75) is 6.36 Å². The molecule has 0 aliphatic rings. The number of rotatable bonds is 3. The van der Waals surface area contributed by atoms with Gasteiger partial charge < -0.3 is 14.2 Å². The second-order valence-electron chi connectivity index (χ2n) is 2.87. The summed E-state index contributed by atoms with van der Waals surface area (Å²) in [5, 5.41) is 0. The quantitative estimate of drug-likeness (QED) is 0.460. The molecule has 0 aromatic carbocycles. The lowest BCUT2D eigenvalue weighted by atomic mass is 10.2. The highest BCUT2D eigenvalue weighted by Crippen LogP contribution is 2.34. The van der Waals surface area contributed by atoms with Gasteiger partial charge in [-0.25, -0.2) is 9.78 Å². The van der Waals surface area contributed by atoms with Crippen LogP contribution < -0.4 is 9.47 Å². The van der Waals surface area contributed by atoms with Crippen LogP contribution in [-0.2, 0) is 4.74 Å². The summed E-state index contributed by atoms with van der Waals surface area (Å²) in [6.45, 7) is 0. The molecule has 0 saturated carbocycles. The van der Waals surface area contributed by atoms with Gasteiger partial charge in [-0.1, -0.05) is 0 Å². The summed E-state index contributed by atoms with van der Waals surface area (Å²) in [5.41, 5.74) is -0.196. The number of methoxy groups -OCH3 is 2. The van der Waals surface area contributed by atoms with E-state index in [0.717, 1.165) is 14.2 Å². The molecular weight excluding hydrogens is 370 g/mol. The monoisotopic (exact) mass is 377 g/mol. The van der Waals surface area contributed by atoms with Crippen molar-refractivity contribution >= 4 is 28.6 Å². The standard InChI is InChI=1S/C9H7F3INO4/c1-16-6-4(8(15)17-2)3-5(13)14-7(6)18-9(10,11)12/h3H,1-2H3. The predicted octanol–water partition coefficient (Wildman–Crippen LogP) is 2.38. The Morgan fingerprint density at radius 1 is 1.39 bits per heavy atom. The van der Waals surface area contributed by atoms with E-state index in [1.54, 1.807) is 22.6 Å². The van der Waals surface area contributed by atoms with E-state index in [1.807, 2.05) is 0 Å². The molecule has 0 atom stereocenters. The maximum absolute atomic E-state index is 12.2. The van der Waals surface area contributed by atoms with Crippen molar-refractivity contribution in [3.63, 3.8) is 0 Å². The number of halogens is 4. The molecule has 1 rings (SSSR count). The van der Waals surface area contributed by atoms with Gasteiger partial charge in [0.05, 0.1) is 14.2 Å². The fourth-order valence-electron chi connectivity index (χ4n) is 1.12. The zero-order valence-electron chi connectivity index (χ0n) is 9.17. The van der Waals surface area contributed by atoms with Gasteiger partial charge in [0.2, 0.25) is 0 Å². The van der Waals surface area contributed by atoms with E-state index in [0.29, 0.717) is 0 Å². The second kappa shape index (κ2) is 5.59. The molecule has 0 saturated heterocycles. The Kier molecular flexibility index (Phi) is 4.59. The Balaban J connectivity index is 3.33. The molecule has 100 valence electrons.